The summed E-state index contributed by atoms with van der Waals surface area (Å²) in [6.07, 6.45) is 2.98. The van der Waals surface area contributed by atoms with E-state index in [2.05, 4.69) is 9.97 Å². The molecule has 0 aliphatic heterocycles. The first kappa shape index (κ1) is 9.09. The van der Waals surface area contributed by atoms with Gasteiger partial charge in [0.25, 0.3) is 0 Å². The summed E-state index contributed by atoms with van der Waals surface area (Å²) in [5.41, 5.74) is 0.935. The maximum atomic E-state index is 12.9. The Morgan fingerprint density at radius 3 is 2.71 bits per heavy atom. The maximum Gasteiger partial charge on any atom is 0.126 e. The van der Waals surface area contributed by atoms with Crippen molar-refractivity contribution in [3.63, 3.8) is 0 Å². The molecule has 0 radical (unpaired) electrons. The molecule has 70 valence electrons. The van der Waals surface area contributed by atoms with Crippen molar-refractivity contribution in [2.45, 2.75) is 0 Å². The van der Waals surface area contributed by atoms with Crippen molar-refractivity contribution in [2.75, 3.05) is 0 Å². The van der Waals surface area contributed by atoms with E-state index in [4.69, 9.17) is 11.6 Å². The van der Waals surface area contributed by atoms with Crippen LogP contribution in [0, 0.1) is 5.82 Å². The first-order chi connectivity index (χ1) is 6.77. The van der Waals surface area contributed by atoms with Crippen LogP contribution in [0.5, 0.6) is 0 Å². The second-order valence-corrected chi connectivity index (χ2v) is 3.10. The SMILES string of the molecule is Fc1ccnc(-c2ncccc2Cl)c1. The Hall–Kier alpha value is -1.48. The van der Waals surface area contributed by atoms with Gasteiger partial charge in [0.2, 0.25) is 0 Å². The smallest absolute Gasteiger partial charge is 0.126 e. The van der Waals surface area contributed by atoms with Crippen LogP contribution in [-0.4, -0.2) is 9.97 Å². The van der Waals surface area contributed by atoms with E-state index in [9.17, 15) is 4.39 Å². The summed E-state index contributed by atoms with van der Waals surface area (Å²) < 4.78 is 12.9. The summed E-state index contributed by atoms with van der Waals surface area (Å²) in [5, 5.41) is 0.464. The highest BCUT2D eigenvalue weighted by atomic mass is 35.5. The van der Waals surface area contributed by atoms with Gasteiger partial charge in [-0.3, -0.25) is 9.97 Å². The van der Waals surface area contributed by atoms with Crippen molar-refractivity contribution >= 4 is 11.6 Å². The zero-order chi connectivity index (χ0) is 9.97. The normalized spacial score (nSPS) is 10.1. The van der Waals surface area contributed by atoms with Crippen molar-refractivity contribution < 1.29 is 4.39 Å². The topological polar surface area (TPSA) is 25.8 Å². The van der Waals surface area contributed by atoms with Gasteiger partial charge in [-0.15, -0.1) is 0 Å². The van der Waals surface area contributed by atoms with Crippen LogP contribution < -0.4 is 0 Å². The number of halogens is 2. The maximum absolute atomic E-state index is 12.9. The van der Waals surface area contributed by atoms with Crippen LogP contribution >= 0.6 is 11.6 Å². The third kappa shape index (κ3) is 1.72. The van der Waals surface area contributed by atoms with Crippen LogP contribution in [0.25, 0.3) is 11.4 Å². The molecule has 2 aromatic heterocycles. The Morgan fingerprint density at radius 1 is 1.14 bits per heavy atom. The van der Waals surface area contributed by atoms with E-state index >= 15 is 0 Å². The molecule has 0 saturated heterocycles. The van der Waals surface area contributed by atoms with Gasteiger partial charge < -0.3 is 0 Å². The summed E-state index contributed by atoms with van der Waals surface area (Å²) >= 11 is 5.89. The number of hydrogen-bond donors (Lipinski definition) is 0. The predicted octanol–water partition coefficient (Wildman–Crippen LogP) is 2.94. The minimum absolute atomic E-state index is 0.350. The fourth-order valence-corrected chi connectivity index (χ4v) is 1.33. The van der Waals surface area contributed by atoms with Crippen molar-refractivity contribution in [3.8, 4) is 11.4 Å². The molecular weight excluding hydrogens is 203 g/mol. The van der Waals surface area contributed by atoms with Crippen molar-refractivity contribution in [2.24, 2.45) is 0 Å². The molecule has 2 nitrogen and oxygen atoms in total. The lowest BCUT2D eigenvalue weighted by Gasteiger charge is -2.01. The summed E-state index contributed by atoms with van der Waals surface area (Å²) in [4.78, 5) is 8.01. The number of nitrogens with zero attached hydrogens (tertiary/aromatic N) is 2. The lowest BCUT2D eigenvalue weighted by Crippen LogP contribution is -1.88. The van der Waals surface area contributed by atoms with Crippen LogP contribution in [0.15, 0.2) is 36.7 Å². The van der Waals surface area contributed by atoms with E-state index in [0.29, 0.717) is 16.4 Å². The molecule has 0 aliphatic carbocycles. The van der Waals surface area contributed by atoms with Gasteiger partial charge >= 0.3 is 0 Å². The second kappa shape index (κ2) is 3.72. The standard InChI is InChI=1S/C10H6ClFN2/c11-8-2-1-4-14-10(8)9-6-7(12)3-5-13-9/h1-6H. The summed E-state index contributed by atoms with van der Waals surface area (Å²) in [5.74, 6) is -0.350. The molecule has 0 unspecified atom stereocenters. The number of hydrogen-bond acceptors (Lipinski definition) is 2. The highest BCUT2D eigenvalue weighted by Crippen LogP contribution is 2.23. The molecule has 0 bridgehead atoms. The van der Waals surface area contributed by atoms with E-state index in [1.54, 1.807) is 18.3 Å². The highest BCUT2D eigenvalue weighted by molar-refractivity contribution is 6.32. The molecule has 0 N–H and O–H groups in total. The minimum Gasteiger partial charge on any atom is -0.254 e. The van der Waals surface area contributed by atoms with E-state index in [-0.39, 0.29) is 5.82 Å². The van der Waals surface area contributed by atoms with Gasteiger partial charge in [-0.2, -0.15) is 0 Å². The first-order valence-electron chi connectivity index (χ1n) is 4.00. The van der Waals surface area contributed by atoms with Crippen LogP contribution in [0.3, 0.4) is 0 Å². The average molecular weight is 209 g/mol. The molecule has 4 heteroatoms. The Labute approximate surface area is 85.4 Å². The van der Waals surface area contributed by atoms with E-state index in [0.717, 1.165) is 0 Å². The molecule has 0 saturated carbocycles. The van der Waals surface area contributed by atoms with Crippen LogP contribution in [-0.2, 0) is 0 Å². The first-order valence-corrected chi connectivity index (χ1v) is 4.37. The van der Waals surface area contributed by atoms with Crippen molar-refractivity contribution in [1.29, 1.82) is 0 Å². The largest absolute Gasteiger partial charge is 0.254 e. The van der Waals surface area contributed by atoms with E-state index < -0.39 is 0 Å². The zero-order valence-electron chi connectivity index (χ0n) is 7.11. The van der Waals surface area contributed by atoms with Crippen molar-refractivity contribution in [1.82, 2.24) is 9.97 Å². The Bertz CT molecular complexity index is 459. The summed E-state index contributed by atoms with van der Waals surface area (Å²) in [6, 6.07) is 5.98. The Morgan fingerprint density at radius 2 is 2.00 bits per heavy atom. The summed E-state index contributed by atoms with van der Waals surface area (Å²) in [6.45, 7) is 0. The van der Waals surface area contributed by atoms with Crippen LogP contribution in [0.1, 0.15) is 0 Å². The highest BCUT2D eigenvalue weighted by Gasteiger charge is 2.05. The average Bonchev–Trinajstić information content (AvgIpc) is 2.18. The molecule has 2 aromatic rings. The number of rotatable bonds is 1. The predicted molar refractivity (Wildman–Crippen MR) is 52.4 cm³/mol. The third-order valence-corrected chi connectivity index (χ3v) is 2.03. The molecule has 0 amide bonds. The molecule has 0 fully saturated rings. The van der Waals surface area contributed by atoms with Crippen LogP contribution in [0.4, 0.5) is 4.39 Å². The molecule has 0 aliphatic rings. The molecule has 0 spiro atoms. The molecule has 2 rings (SSSR count). The van der Waals surface area contributed by atoms with Crippen LogP contribution in [0.2, 0.25) is 5.02 Å². The Kier molecular flexibility index (Phi) is 2.41. The molecular formula is C10H6ClFN2. The van der Waals surface area contributed by atoms with Gasteiger partial charge in [-0.25, -0.2) is 4.39 Å². The zero-order valence-corrected chi connectivity index (χ0v) is 7.87. The molecule has 14 heavy (non-hydrogen) atoms. The molecule has 2 heterocycles. The molecule has 0 aromatic carbocycles. The van der Waals surface area contributed by atoms with Gasteiger partial charge in [0.1, 0.15) is 11.5 Å². The van der Waals surface area contributed by atoms with E-state index in [1.807, 2.05) is 0 Å². The van der Waals surface area contributed by atoms with Gasteiger partial charge in [0.15, 0.2) is 0 Å². The van der Waals surface area contributed by atoms with E-state index in [1.165, 1.54) is 18.3 Å². The lowest BCUT2D eigenvalue weighted by atomic mass is 10.2. The lowest BCUT2D eigenvalue weighted by molar-refractivity contribution is 0.626. The fraction of sp³-hybridized carbons (Fsp3) is 0. The number of pyridine rings is 2. The van der Waals surface area contributed by atoms with Gasteiger partial charge in [-0.05, 0) is 18.2 Å². The third-order valence-electron chi connectivity index (χ3n) is 1.72. The fourth-order valence-electron chi connectivity index (χ4n) is 1.11. The van der Waals surface area contributed by atoms with Crippen molar-refractivity contribution in [3.05, 3.63) is 47.5 Å². The Balaban J connectivity index is 2.55. The number of aromatic nitrogens is 2. The summed E-state index contributed by atoms with van der Waals surface area (Å²) in [7, 11) is 0. The monoisotopic (exact) mass is 208 g/mol. The minimum atomic E-state index is -0.350. The van der Waals surface area contributed by atoms with Gasteiger partial charge in [0.05, 0.1) is 10.7 Å². The van der Waals surface area contributed by atoms with Gasteiger partial charge in [-0.1, -0.05) is 11.6 Å². The second-order valence-electron chi connectivity index (χ2n) is 2.69. The quantitative estimate of drug-likeness (QED) is 0.720. The molecule has 0 atom stereocenters. The van der Waals surface area contributed by atoms with Gasteiger partial charge in [0, 0.05) is 18.5 Å².